The number of tetrazole rings is 1. The molecule has 0 amide bonds. The van der Waals surface area contributed by atoms with Crippen LogP contribution in [0.5, 0.6) is 0 Å². The highest BCUT2D eigenvalue weighted by Crippen LogP contribution is 2.34. The minimum absolute atomic E-state index is 0.284. The molecule has 22 heavy (non-hydrogen) atoms. The first-order valence-corrected chi connectivity index (χ1v) is 6.26. The van der Waals surface area contributed by atoms with Crippen LogP contribution in [0, 0.1) is 0 Å². The molecule has 1 heterocycles. The summed E-state index contributed by atoms with van der Waals surface area (Å²) in [4.78, 5) is 0. The minimum atomic E-state index is -4.39. The summed E-state index contributed by atoms with van der Waals surface area (Å²) < 4.78 is 38.4. The molecular weight excluding hydrogens is 295 g/mol. The molecule has 5 nitrogen and oxygen atoms in total. The molecular formula is C14H10F3N5. The lowest BCUT2D eigenvalue weighted by atomic mass is 10.00. The van der Waals surface area contributed by atoms with E-state index in [1.54, 1.807) is 24.3 Å². The number of hydrogen-bond donors (Lipinski definition) is 2. The first-order valence-electron chi connectivity index (χ1n) is 6.26. The number of hydrogen-bond acceptors (Lipinski definition) is 4. The van der Waals surface area contributed by atoms with E-state index in [1.165, 1.54) is 6.07 Å². The Morgan fingerprint density at radius 1 is 1.00 bits per heavy atom. The van der Waals surface area contributed by atoms with E-state index in [0.29, 0.717) is 22.4 Å². The fourth-order valence-corrected chi connectivity index (χ4v) is 2.08. The molecule has 0 spiro atoms. The van der Waals surface area contributed by atoms with Crippen molar-refractivity contribution in [3.05, 3.63) is 48.0 Å². The molecule has 0 fully saturated rings. The van der Waals surface area contributed by atoms with E-state index >= 15 is 0 Å². The van der Waals surface area contributed by atoms with Crippen molar-refractivity contribution in [2.24, 2.45) is 0 Å². The predicted molar refractivity (Wildman–Crippen MR) is 74.5 cm³/mol. The van der Waals surface area contributed by atoms with E-state index in [-0.39, 0.29) is 5.82 Å². The average molecular weight is 305 g/mol. The van der Waals surface area contributed by atoms with Crippen molar-refractivity contribution in [1.82, 2.24) is 20.6 Å². The second-order valence-electron chi connectivity index (χ2n) is 4.62. The van der Waals surface area contributed by atoms with E-state index in [0.717, 1.165) is 12.1 Å². The molecule has 2 aromatic carbocycles. The van der Waals surface area contributed by atoms with Gasteiger partial charge in [0.05, 0.1) is 5.56 Å². The molecule has 0 bridgehead atoms. The summed E-state index contributed by atoms with van der Waals surface area (Å²) >= 11 is 0. The van der Waals surface area contributed by atoms with E-state index in [4.69, 9.17) is 5.73 Å². The van der Waals surface area contributed by atoms with E-state index in [2.05, 4.69) is 20.6 Å². The lowest BCUT2D eigenvalue weighted by Crippen LogP contribution is -2.04. The summed E-state index contributed by atoms with van der Waals surface area (Å²) in [7, 11) is 0. The summed E-state index contributed by atoms with van der Waals surface area (Å²) in [6.07, 6.45) is -4.39. The van der Waals surface area contributed by atoms with Gasteiger partial charge in [0.1, 0.15) is 0 Å². The van der Waals surface area contributed by atoms with E-state index in [9.17, 15) is 13.2 Å². The molecule has 0 atom stereocenters. The highest BCUT2D eigenvalue weighted by Gasteiger charge is 2.30. The standard InChI is InChI=1S/C14H10F3N5/c15-14(16,17)10-3-1-2-8(6-10)9-4-5-12(18)11(7-9)13-19-21-22-20-13/h1-7H,18H2,(H,19,20,21,22). The van der Waals surface area contributed by atoms with Crippen LogP contribution in [0.3, 0.4) is 0 Å². The Kier molecular flexibility index (Phi) is 3.28. The van der Waals surface area contributed by atoms with Crippen LogP contribution >= 0.6 is 0 Å². The molecule has 0 radical (unpaired) electrons. The molecule has 0 saturated heterocycles. The molecule has 112 valence electrons. The zero-order chi connectivity index (χ0) is 15.7. The lowest BCUT2D eigenvalue weighted by molar-refractivity contribution is -0.137. The van der Waals surface area contributed by atoms with Crippen molar-refractivity contribution in [2.45, 2.75) is 6.18 Å². The second kappa shape index (κ2) is 5.14. The number of nitrogen functional groups attached to an aromatic ring is 1. The lowest BCUT2D eigenvalue weighted by Gasteiger charge is -2.10. The smallest absolute Gasteiger partial charge is 0.398 e. The second-order valence-corrected chi connectivity index (χ2v) is 4.62. The summed E-state index contributed by atoms with van der Waals surface area (Å²) in [6.45, 7) is 0. The van der Waals surface area contributed by atoms with Crippen LogP contribution in [-0.2, 0) is 6.18 Å². The van der Waals surface area contributed by atoms with Gasteiger partial charge in [-0.1, -0.05) is 18.2 Å². The minimum Gasteiger partial charge on any atom is -0.398 e. The first-order chi connectivity index (χ1) is 10.4. The zero-order valence-corrected chi connectivity index (χ0v) is 11.1. The van der Waals surface area contributed by atoms with Crippen molar-refractivity contribution < 1.29 is 13.2 Å². The Morgan fingerprint density at radius 3 is 2.45 bits per heavy atom. The Labute approximate surface area is 123 Å². The summed E-state index contributed by atoms with van der Waals surface area (Å²) in [5, 5.41) is 13.4. The average Bonchev–Trinajstić information content (AvgIpc) is 3.01. The summed E-state index contributed by atoms with van der Waals surface area (Å²) in [5.41, 5.74) is 7.08. The van der Waals surface area contributed by atoms with Gasteiger partial charge >= 0.3 is 6.18 Å². The molecule has 0 unspecified atom stereocenters. The molecule has 0 aliphatic carbocycles. The first kappa shape index (κ1) is 14.1. The van der Waals surface area contributed by atoms with E-state index in [1.807, 2.05) is 0 Å². The third kappa shape index (κ3) is 2.62. The van der Waals surface area contributed by atoms with Gasteiger partial charge in [0, 0.05) is 11.3 Å². The third-order valence-electron chi connectivity index (χ3n) is 3.16. The van der Waals surface area contributed by atoms with Crippen LogP contribution in [0.1, 0.15) is 5.56 Å². The quantitative estimate of drug-likeness (QED) is 0.713. The number of aromatic nitrogens is 4. The maximum absolute atomic E-state index is 12.8. The molecule has 8 heteroatoms. The van der Waals surface area contributed by atoms with Gasteiger partial charge in [-0.15, -0.1) is 10.2 Å². The summed E-state index contributed by atoms with van der Waals surface area (Å²) in [5.74, 6) is 0.284. The van der Waals surface area contributed by atoms with Crippen molar-refractivity contribution in [2.75, 3.05) is 5.73 Å². The van der Waals surface area contributed by atoms with Crippen molar-refractivity contribution in [1.29, 1.82) is 0 Å². The van der Waals surface area contributed by atoms with Gasteiger partial charge in [-0.2, -0.15) is 18.4 Å². The molecule has 1 aromatic heterocycles. The van der Waals surface area contributed by atoms with Gasteiger partial charge in [-0.05, 0) is 40.6 Å². The van der Waals surface area contributed by atoms with Crippen LogP contribution in [-0.4, -0.2) is 20.6 Å². The Morgan fingerprint density at radius 2 is 1.77 bits per heavy atom. The van der Waals surface area contributed by atoms with Gasteiger partial charge in [-0.25, -0.2) is 0 Å². The fraction of sp³-hybridized carbons (Fsp3) is 0.0714. The van der Waals surface area contributed by atoms with Crippen LogP contribution in [0.2, 0.25) is 0 Å². The predicted octanol–water partition coefficient (Wildman–Crippen LogP) is 3.13. The Balaban J connectivity index is 2.08. The van der Waals surface area contributed by atoms with Crippen LogP contribution < -0.4 is 5.73 Å². The van der Waals surface area contributed by atoms with Gasteiger partial charge in [0.25, 0.3) is 0 Å². The normalized spacial score (nSPS) is 11.6. The largest absolute Gasteiger partial charge is 0.416 e. The number of benzene rings is 2. The molecule has 3 rings (SSSR count). The van der Waals surface area contributed by atoms with Crippen molar-refractivity contribution in [3.8, 4) is 22.5 Å². The fourth-order valence-electron chi connectivity index (χ4n) is 2.08. The number of anilines is 1. The summed E-state index contributed by atoms with van der Waals surface area (Å²) in [6, 6.07) is 9.96. The topological polar surface area (TPSA) is 80.5 Å². The van der Waals surface area contributed by atoms with Gasteiger partial charge < -0.3 is 5.73 Å². The molecule has 3 N–H and O–H groups in total. The van der Waals surface area contributed by atoms with Gasteiger partial charge in [0.15, 0.2) is 0 Å². The maximum atomic E-state index is 12.8. The number of H-pyrrole nitrogens is 1. The Bertz CT molecular complexity index is 796. The third-order valence-corrected chi connectivity index (χ3v) is 3.16. The van der Waals surface area contributed by atoms with E-state index < -0.39 is 11.7 Å². The van der Waals surface area contributed by atoms with Crippen molar-refractivity contribution in [3.63, 3.8) is 0 Å². The number of nitrogens with two attached hydrogens (primary N) is 1. The Hall–Kier alpha value is -2.90. The number of halogens is 3. The number of aromatic amines is 1. The van der Waals surface area contributed by atoms with Crippen LogP contribution in [0.4, 0.5) is 18.9 Å². The SMILES string of the molecule is Nc1ccc(-c2cccc(C(F)(F)F)c2)cc1-c1nn[nH]n1. The number of nitrogens with one attached hydrogen (secondary N) is 1. The molecule has 3 aromatic rings. The molecule has 0 aliphatic rings. The molecule has 0 saturated carbocycles. The highest BCUT2D eigenvalue weighted by atomic mass is 19.4. The van der Waals surface area contributed by atoms with Crippen LogP contribution in [0.15, 0.2) is 42.5 Å². The monoisotopic (exact) mass is 305 g/mol. The highest BCUT2D eigenvalue weighted by molar-refractivity contribution is 5.78. The van der Waals surface area contributed by atoms with Gasteiger partial charge in [-0.3, -0.25) is 0 Å². The van der Waals surface area contributed by atoms with Gasteiger partial charge in [0.2, 0.25) is 5.82 Å². The number of nitrogens with zero attached hydrogens (tertiary/aromatic N) is 3. The maximum Gasteiger partial charge on any atom is 0.416 e. The van der Waals surface area contributed by atoms with Crippen LogP contribution in [0.25, 0.3) is 22.5 Å². The molecule has 0 aliphatic heterocycles. The zero-order valence-electron chi connectivity index (χ0n) is 11.1. The van der Waals surface area contributed by atoms with Crippen molar-refractivity contribution >= 4 is 5.69 Å². The number of alkyl halides is 3. The number of rotatable bonds is 2.